The van der Waals surface area contributed by atoms with E-state index in [1.807, 2.05) is 0 Å². The highest BCUT2D eigenvalue weighted by Gasteiger charge is 2.21. The van der Waals surface area contributed by atoms with Crippen LogP contribution in [-0.2, 0) is 6.54 Å². The average molecular weight is 231 g/mol. The number of aromatic nitrogens is 1. The Kier molecular flexibility index (Phi) is 4.47. The van der Waals surface area contributed by atoms with E-state index in [-0.39, 0.29) is 13.2 Å². The van der Waals surface area contributed by atoms with Crippen LogP contribution in [0, 0.1) is 0 Å². The van der Waals surface area contributed by atoms with Gasteiger partial charge >= 0.3 is 0 Å². The first-order valence-electron chi connectivity index (χ1n) is 4.66. The topological polar surface area (TPSA) is 65.4 Å². The summed E-state index contributed by atoms with van der Waals surface area (Å²) in [5.41, 5.74) is 0.201. The molecule has 0 atom stereocenters. The summed E-state index contributed by atoms with van der Waals surface area (Å²) in [5, 5.41) is 21.7. The quantitative estimate of drug-likeness (QED) is 0.692. The van der Waals surface area contributed by atoms with E-state index in [1.165, 1.54) is 0 Å². The molecule has 84 valence electrons. The van der Waals surface area contributed by atoms with Crippen molar-refractivity contribution in [3.63, 3.8) is 0 Å². The van der Waals surface area contributed by atoms with Crippen molar-refractivity contribution >= 4 is 11.6 Å². The first-order valence-corrected chi connectivity index (χ1v) is 5.04. The van der Waals surface area contributed by atoms with E-state index in [9.17, 15) is 0 Å². The SMILES string of the molecule is CC(CO)(CO)NCc1ccncc1Cl. The number of halogens is 1. The van der Waals surface area contributed by atoms with E-state index >= 15 is 0 Å². The van der Waals surface area contributed by atoms with Crippen LogP contribution in [0.2, 0.25) is 5.02 Å². The molecule has 0 saturated heterocycles. The van der Waals surface area contributed by atoms with Gasteiger partial charge < -0.3 is 15.5 Å². The Bertz CT molecular complexity index is 316. The normalized spacial score (nSPS) is 11.7. The summed E-state index contributed by atoms with van der Waals surface area (Å²) in [7, 11) is 0. The molecule has 1 rings (SSSR count). The Hall–Kier alpha value is -0.680. The zero-order valence-electron chi connectivity index (χ0n) is 8.57. The van der Waals surface area contributed by atoms with E-state index in [0.717, 1.165) is 5.56 Å². The van der Waals surface area contributed by atoms with E-state index in [0.29, 0.717) is 11.6 Å². The van der Waals surface area contributed by atoms with E-state index in [4.69, 9.17) is 21.8 Å². The average Bonchev–Trinajstić information content (AvgIpc) is 2.28. The maximum Gasteiger partial charge on any atom is 0.0634 e. The molecule has 1 aromatic heterocycles. The second-order valence-corrected chi connectivity index (χ2v) is 4.10. The summed E-state index contributed by atoms with van der Waals surface area (Å²) < 4.78 is 0. The number of aliphatic hydroxyl groups excluding tert-OH is 2. The lowest BCUT2D eigenvalue weighted by molar-refractivity contribution is 0.103. The fourth-order valence-electron chi connectivity index (χ4n) is 1.02. The molecule has 4 nitrogen and oxygen atoms in total. The molecule has 3 N–H and O–H groups in total. The van der Waals surface area contributed by atoms with Gasteiger partial charge in [0, 0.05) is 18.9 Å². The molecule has 0 unspecified atom stereocenters. The minimum atomic E-state index is -0.688. The minimum absolute atomic E-state index is 0.133. The highest BCUT2D eigenvalue weighted by molar-refractivity contribution is 6.31. The molecule has 0 aliphatic heterocycles. The summed E-state index contributed by atoms with van der Waals surface area (Å²) >= 11 is 5.91. The van der Waals surface area contributed by atoms with Crippen LogP contribution >= 0.6 is 11.6 Å². The lowest BCUT2D eigenvalue weighted by Gasteiger charge is -2.26. The van der Waals surface area contributed by atoms with Gasteiger partial charge in [-0.1, -0.05) is 11.6 Å². The second-order valence-electron chi connectivity index (χ2n) is 3.70. The lowest BCUT2D eigenvalue weighted by atomic mass is 10.1. The maximum absolute atomic E-state index is 9.06. The van der Waals surface area contributed by atoms with Crippen LogP contribution in [0.3, 0.4) is 0 Å². The van der Waals surface area contributed by atoms with Crippen molar-refractivity contribution in [3.8, 4) is 0 Å². The number of nitrogens with zero attached hydrogens (tertiary/aromatic N) is 1. The van der Waals surface area contributed by atoms with Crippen molar-refractivity contribution in [1.29, 1.82) is 0 Å². The third-order valence-corrected chi connectivity index (χ3v) is 2.60. The van der Waals surface area contributed by atoms with Crippen LogP contribution in [0.15, 0.2) is 18.5 Å². The van der Waals surface area contributed by atoms with Gasteiger partial charge in [-0.2, -0.15) is 0 Å². The Morgan fingerprint density at radius 1 is 1.47 bits per heavy atom. The minimum Gasteiger partial charge on any atom is -0.394 e. The first-order chi connectivity index (χ1) is 7.11. The molecule has 0 spiro atoms. The summed E-state index contributed by atoms with van der Waals surface area (Å²) in [6.07, 6.45) is 3.21. The number of hydrogen-bond acceptors (Lipinski definition) is 4. The highest BCUT2D eigenvalue weighted by Crippen LogP contribution is 2.14. The van der Waals surface area contributed by atoms with Gasteiger partial charge in [0.15, 0.2) is 0 Å². The number of hydrogen-bond donors (Lipinski definition) is 3. The van der Waals surface area contributed by atoms with Crippen LogP contribution < -0.4 is 5.32 Å². The van der Waals surface area contributed by atoms with E-state index in [2.05, 4.69) is 10.3 Å². The Balaban J connectivity index is 2.61. The molecule has 0 saturated carbocycles. The number of aliphatic hydroxyl groups is 2. The molecule has 1 heterocycles. The van der Waals surface area contributed by atoms with E-state index < -0.39 is 5.54 Å². The summed E-state index contributed by atoms with van der Waals surface area (Å²) in [6.45, 7) is 1.96. The van der Waals surface area contributed by atoms with E-state index in [1.54, 1.807) is 25.4 Å². The smallest absolute Gasteiger partial charge is 0.0634 e. The fourth-order valence-corrected chi connectivity index (χ4v) is 1.20. The molecule has 15 heavy (non-hydrogen) atoms. The molecule has 0 amide bonds. The first kappa shape index (κ1) is 12.4. The predicted octanol–water partition coefficient (Wildman–Crippen LogP) is 0.568. The van der Waals surface area contributed by atoms with Crippen molar-refractivity contribution in [2.75, 3.05) is 13.2 Å². The van der Waals surface area contributed by atoms with Crippen molar-refractivity contribution in [1.82, 2.24) is 10.3 Å². The van der Waals surface area contributed by atoms with Gasteiger partial charge in [0.2, 0.25) is 0 Å². The molecule has 1 aromatic rings. The zero-order valence-corrected chi connectivity index (χ0v) is 9.33. The lowest BCUT2D eigenvalue weighted by Crippen LogP contribution is -2.48. The molecule has 0 radical (unpaired) electrons. The van der Waals surface area contributed by atoms with Crippen LogP contribution in [0.5, 0.6) is 0 Å². The third-order valence-electron chi connectivity index (χ3n) is 2.26. The molecule has 0 bridgehead atoms. The number of nitrogens with one attached hydrogen (secondary N) is 1. The molecule has 5 heteroatoms. The number of pyridine rings is 1. The zero-order chi connectivity index (χ0) is 11.3. The van der Waals surface area contributed by atoms with Crippen molar-refractivity contribution in [3.05, 3.63) is 29.0 Å². The molecular weight excluding hydrogens is 216 g/mol. The molecule has 0 aromatic carbocycles. The Labute approximate surface area is 93.9 Å². The van der Waals surface area contributed by atoms with Crippen molar-refractivity contribution < 1.29 is 10.2 Å². The van der Waals surface area contributed by atoms with Crippen molar-refractivity contribution in [2.24, 2.45) is 0 Å². The fraction of sp³-hybridized carbons (Fsp3) is 0.500. The largest absolute Gasteiger partial charge is 0.394 e. The molecule has 0 aliphatic rings. The highest BCUT2D eigenvalue weighted by atomic mass is 35.5. The molecule has 0 aliphatic carbocycles. The third kappa shape index (κ3) is 3.43. The summed E-state index contributed by atoms with van der Waals surface area (Å²) in [4.78, 5) is 3.87. The van der Waals surface area contributed by atoms with Gasteiger partial charge in [-0.05, 0) is 18.6 Å². The monoisotopic (exact) mass is 230 g/mol. The second kappa shape index (κ2) is 5.42. The summed E-state index contributed by atoms with van der Waals surface area (Å²) in [5.74, 6) is 0. The van der Waals surface area contributed by atoms with Gasteiger partial charge in [0.05, 0.1) is 23.8 Å². The Morgan fingerprint density at radius 2 is 2.13 bits per heavy atom. The van der Waals surface area contributed by atoms with Gasteiger partial charge in [-0.15, -0.1) is 0 Å². The standard InChI is InChI=1S/C10H15ClN2O2/c1-10(6-14,7-15)13-4-8-2-3-12-5-9(8)11/h2-3,5,13-15H,4,6-7H2,1H3. The molecular formula is C10H15ClN2O2. The van der Waals surface area contributed by atoms with Crippen molar-refractivity contribution in [2.45, 2.75) is 19.0 Å². The van der Waals surface area contributed by atoms with Gasteiger partial charge in [-0.25, -0.2) is 0 Å². The van der Waals surface area contributed by atoms with Gasteiger partial charge in [0.1, 0.15) is 0 Å². The van der Waals surface area contributed by atoms with Gasteiger partial charge in [0.25, 0.3) is 0 Å². The van der Waals surface area contributed by atoms with Crippen LogP contribution in [0.1, 0.15) is 12.5 Å². The number of rotatable bonds is 5. The van der Waals surface area contributed by atoms with Gasteiger partial charge in [-0.3, -0.25) is 4.98 Å². The molecule has 0 fully saturated rings. The predicted molar refractivity (Wildman–Crippen MR) is 58.7 cm³/mol. The summed E-state index contributed by atoms with van der Waals surface area (Å²) in [6, 6.07) is 1.80. The Morgan fingerprint density at radius 3 is 2.67 bits per heavy atom. The maximum atomic E-state index is 9.06. The van der Waals surface area contributed by atoms with Crippen LogP contribution in [0.4, 0.5) is 0 Å². The van der Waals surface area contributed by atoms with Crippen LogP contribution in [-0.4, -0.2) is 33.9 Å². The van der Waals surface area contributed by atoms with Crippen LogP contribution in [0.25, 0.3) is 0 Å².